The average molecular weight is 465 g/mol. The highest BCUT2D eigenvalue weighted by Gasteiger charge is 2.22. The van der Waals surface area contributed by atoms with Gasteiger partial charge in [-0.15, -0.1) is 0 Å². The minimum absolute atomic E-state index is 0.175. The minimum atomic E-state index is -3.65. The molecule has 172 valence electrons. The first-order chi connectivity index (χ1) is 15.9. The number of pyridine rings is 1. The molecule has 0 spiro atoms. The van der Waals surface area contributed by atoms with Gasteiger partial charge < -0.3 is 10.2 Å². The van der Waals surface area contributed by atoms with Crippen LogP contribution in [0.25, 0.3) is 0 Å². The molecular formula is C25H28N4O3S. The quantitative estimate of drug-likeness (QED) is 0.568. The molecule has 7 nitrogen and oxygen atoms in total. The molecule has 0 radical (unpaired) electrons. The Morgan fingerprint density at radius 2 is 1.67 bits per heavy atom. The number of sulfonamides is 1. The van der Waals surface area contributed by atoms with Gasteiger partial charge in [0.25, 0.3) is 5.91 Å². The third-order valence-electron chi connectivity index (χ3n) is 5.76. The maximum atomic E-state index is 13.0. The number of carbonyl (C=O) groups is 1. The van der Waals surface area contributed by atoms with Gasteiger partial charge in [0, 0.05) is 38.6 Å². The second kappa shape index (κ2) is 10.1. The van der Waals surface area contributed by atoms with Gasteiger partial charge >= 0.3 is 0 Å². The SMILES string of the molecule is CN(Cc1ccccc1)S(=O)(=O)c1ccc(NC(=O)c2cccnc2N2CCCCC2)cc1. The van der Waals surface area contributed by atoms with Gasteiger partial charge in [-0.1, -0.05) is 30.3 Å². The van der Waals surface area contributed by atoms with E-state index in [2.05, 4.69) is 15.2 Å². The molecule has 2 aromatic carbocycles. The summed E-state index contributed by atoms with van der Waals surface area (Å²) >= 11 is 0. The van der Waals surface area contributed by atoms with Gasteiger partial charge in [0.1, 0.15) is 5.82 Å². The van der Waals surface area contributed by atoms with Gasteiger partial charge in [-0.2, -0.15) is 4.31 Å². The molecule has 1 aromatic heterocycles. The highest BCUT2D eigenvalue weighted by molar-refractivity contribution is 7.89. The van der Waals surface area contributed by atoms with Crippen molar-refractivity contribution in [2.24, 2.45) is 0 Å². The molecule has 1 fully saturated rings. The van der Waals surface area contributed by atoms with Gasteiger partial charge in [0.2, 0.25) is 10.0 Å². The third kappa shape index (κ3) is 5.40. The number of rotatable bonds is 7. The number of anilines is 2. The zero-order valence-electron chi connectivity index (χ0n) is 18.6. The van der Waals surface area contributed by atoms with E-state index in [9.17, 15) is 13.2 Å². The smallest absolute Gasteiger partial charge is 0.259 e. The Kier molecular flexibility index (Phi) is 7.05. The van der Waals surface area contributed by atoms with Crippen LogP contribution in [-0.4, -0.2) is 43.8 Å². The molecule has 0 saturated carbocycles. The van der Waals surface area contributed by atoms with Crippen LogP contribution in [0.1, 0.15) is 35.2 Å². The summed E-state index contributed by atoms with van der Waals surface area (Å²) < 4.78 is 27.2. The van der Waals surface area contributed by atoms with Crippen LogP contribution in [0.2, 0.25) is 0 Å². The molecule has 0 unspecified atom stereocenters. The number of nitrogens with zero attached hydrogens (tertiary/aromatic N) is 3. The zero-order valence-corrected chi connectivity index (χ0v) is 19.5. The van der Waals surface area contributed by atoms with Crippen molar-refractivity contribution in [3.8, 4) is 0 Å². The monoisotopic (exact) mass is 464 g/mol. The predicted molar refractivity (Wildman–Crippen MR) is 130 cm³/mol. The Balaban J connectivity index is 1.46. The van der Waals surface area contributed by atoms with Gasteiger partial charge in [-0.25, -0.2) is 13.4 Å². The lowest BCUT2D eigenvalue weighted by Crippen LogP contribution is -2.32. The molecule has 0 bridgehead atoms. The van der Waals surface area contributed by atoms with E-state index in [-0.39, 0.29) is 17.3 Å². The number of piperidine rings is 1. The van der Waals surface area contributed by atoms with Gasteiger partial charge in [-0.05, 0) is 61.2 Å². The molecule has 1 aliphatic heterocycles. The normalized spacial score (nSPS) is 14.3. The van der Waals surface area contributed by atoms with E-state index in [0.29, 0.717) is 17.1 Å². The Labute approximate surface area is 195 Å². The van der Waals surface area contributed by atoms with Crippen LogP contribution in [0.5, 0.6) is 0 Å². The summed E-state index contributed by atoms with van der Waals surface area (Å²) in [5, 5.41) is 2.87. The Bertz CT molecular complexity index is 1190. The van der Waals surface area contributed by atoms with E-state index < -0.39 is 10.0 Å². The largest absolute Gasteiger partial charge is 0.356 e. The molecule has 1 saturated heterocycles. The average Bonchev–Trinajstić information content (AvgIpc) is 2.85. The third-order valence-corrected chi connectivity index (χ3v) is 7.57. The first-order valence-electron chi connectivity index (χ1n) is 11.1. The maximum absolute atomic E-state index is 13.0. The first kappa shape index (κ1) is 22.9. The summed E-state index contributed by atoms with van der Waals surface area (Å²) in [6.45, 7) is 2.06. The Hall–Kier alpha value is -3.23. The molecule has 33 heavy (non-hydrogen) atoms. The highest BCUT2D eigenvalue weighted by Crippen LogP contribution is 2.24. The minimum Gasteiger partial charge on any atom is -0.356 e. The molecule has 8 heteroatoms. The molecule has 4 rings (SSSR count). The fourth-order valence-corrected chi connectivity index (χ4v) is 5.10. The van der Waals surface area contributed by atoms with Crippen LogP contribution in [-0.2, 0) is 16.6 Å². The second-order valence-electron chi connectivity index (χ2n) is 8.15. The first-order valence-corrected chi connectivity index (χ1v) is 12.5. The Morgan fingerprint density at radius 3 is 2.36 bits per heavy atom. The molecule has 1 N–H and O–H groups in total. The van der Waals surface area contributed by atoms with Gasteiger partial charge in [0.15, 0.2) is 0 Å². The molecular weight excluding hydrogens is 436 g/mol. The van der Waals surface area contributed by atoms with E-state index >= 15 is 0 Å². The molecule has 2 heterocycles. The van der Waals surface area contributed by atoms with Crippen LogP contribution >= 0.6 is 0 Å². The second-order valence-corrected chi connectivity index (χ2v) is 10.2. The standard InChI is InChI=1S/C25H28N4O3S/c1-28(19-20-9-4-2-5-10-20)33(31,32)22-14-12-21(13-15-22)27-25(30)23-11-8-16-26-24(23)29-17-6-3-7-18-29/h2,4-5,8-16H,3,6-7,17-19H2,1H3,(H,27,30). The predicted octanol–water partition coefficient (Wildman–Crippen LogP) is 4.14. The summed E-state index contributed by atoms with van der Waals surface area (Å²) in [5.41, 5.74) is 1.95. The summed E-state index contributed by atoms with van der Waals surface area (Å²) in [6, 6.07) is 19.2. The summed E-state index contributed by atoms with van der Waals surface area (Å²) in [5.74, 6) is 0.428. The number of amides is 1. The van der Waals surface area contributed by atoms with Gasteiger partial charge in [-0.3, -0.25) is 4.79 Å². The Morgan fingerprint density at radius 1 is 0.970 bits per heavy atom. The molecule has 0 aliphatic carbocycles. The fourth-order valence-electron chi connectivity index (χ4n) is 3.95. The number of carbonyl (C=O) groups excluding carboxylic acids is 1. The van der Waals surface area contributed by atoms with E-state index in [0.717, 1.165) is 31.5 Å². The van der Waals surface area contributed by atoms with E-state index in [1.165, 1.54) is 22.9 Å². The lowest BCUT2D eigenvalue weighted by atomic mass is 10.1. The lowest BCUT2D eigenvalue weighted by Gasteiger charge is -2.29. The molecule has 1 aliphatic rings. The number of nitrogens with one attached hydrogen (secondary N) is 1. The van der Waals surface area contributed by atoms with E-state index in [1.54, 1.807) is 37.5 Å². The zero-order chi connectivity index (χ0) is 23.3. The van der Waals surface area contributed by atoms with Crippen molar-refractivity contribution in [1.82, 2.24) is 9.29 Å². The van der Waals surface area contributed by atoms with Gasteiger partial charge in [0.05, 0.1) is 10.5 Å². The van der Waals surface area contributed by atoms with Crippen LogP contribution in [0.15, 0.2) is 77.8 Å². The van der Waals surface area contributed by atoms with Crippen molar-refractivity contribution in [3.05, 3.63) is 84.1 Å². The number of benzene rings is 2. The topological polar surface area (TPSA) is 82.6 Å². The molecule has 3 aromatic rings. The maximum Gasteiger partial charge on any atom is 0.259 e. The van der Waals surface area contributed by atoms with Crippen molar-refractivity contribution in [1.29, 1.82) is 0 Å². The van der Waals surface area contributed by atoms with Crippen molar-refractivity contribution in [2.45, 2.75) is 30.7 Å². The number of hydrogen-bond acceptors (Lipinski definition) is 5. The van der Waals surface area contributed by atoms with E-state index in [1.807, 2.05) is 30.3 Å². The molecule has 1 amide bonds. The van der Waals surface area contributed by atoms with Crippen LogP contribution in [0, 0.1) is 0 Å². The van der Waals surface area contributed by atoms with Crippen LogP contribution < -0.4 is 10.2 Å². The lowest BCUT2D eigenvalue weighted by molar-refractivity contribution is 0.102. The van der Waals surface area contributed by atoms with Crippen molar-refractivity contribution in [3.63, 3.8) is 0 Å². The molecule has 0 atom stereocenters. The van der Waals surface area contributed by atoms with Crippen molar-refractivity contribution in [2.75, 3.05) is 30.4 Å². The highest BCUT2D eigenvalue weighted by atomic mass is 32.2. The fraction of sp³-hybridized carbons (Fsp3) is 0.280. The summed E-state index contributed by atoms with van der Waals surface area (Å²) in [6.07, 6.45) is 5.07. The van der Waals surface area contributed by atoms with Crippen molar-refractivity contribution >= 4 is 27.4 Å². The number of hydrogen-bond donors (Lipinski definition) is 1. The summed E-state index contributed by atoms with van der Waals surface area (Å²) in [7, 11) is -2.09. The van der Waals surface area contributed by atoms with Crippen LogP contribution in [0.4, 0.5) is 11.5 Å². The number of aromatic nitrogens is 1. The summed E-state index contributed by atoms with van der Waals surface area (Å²) in [4.78, 5) is 19.7. The van der Waals surface area contributed by atoms with Crippen LogP contribution in [0.3, 0.4) is 0 Å². The van der Waals surface area contributed by atoms with Crippen molar-refractivity contribution < 1.29 is 13.2 Å². The van der Waals surface area contributed by atoms with E-state index in [4.69, 9.17) is 0 Å².